The zero-order valence-corrected chi connectivity index (χ0v) is 18.2. The summed E-state index contributed by atoms with van der Waals surface area (Å²) in [6.07, 6.45) is 1.48. The van der Waals surface area contributed by atoms with Crippen LogP contribution in [0.4, 0.5) is 14.7 Å². The molecule has 0 aliphatic carbocycles. The van der Waals surface area contributed by atoms with Crippen molar-refractivity contribution >= 4 is 17.0 Å². The number of anilines is 1. The molecule has 0 fully saturated rings. The lowest BCUT2D eigenvalue weighted by Gasteiger charge is -2.26. The van der Waals surface area contributed by atoms with Crippen LogP contribution in [0.3, 0.4) is 0 Å². The zero-order chi connectivity index (χ0) is 23.8. The molecule has 0 spiro atoms. The molecule has 0 saturated heterocycles. The lowest BCUT2D eigenvalue weighted by Crippen LogP contribution is -2.39. The van der Waals surface area contributed by atoms with Gasteiger partial charge in [0.2, 0.25) is 5.95 Å². The van der Waals surface area contributed by atoms with Crippen molar-refractivity contribution in [1.29, 1.82) is 0 Å². The highest BCUT2D eigenvalue weighted by atomic mass is 19.1. The number of nitrogens with zero attached hydrogens (tertiary/aromatic N) is 3. The van der Waals surface area contributed by atoms with E-state index in [1.807, 2.05) is 0 Å². The molecular formula is C24H22F2N4O3. The van der Waals surface area contributed by atoms with Crippen LogP contribution in [0.1, 0.15) is 20.8 Å². The quantitative estimate of drug-likeness (QED) is 0.450. The van der Waals surface area contributed by atoms with Gasteiger partial charge in [-0.1, -0.05) is 12.1 Å². The van der Waals surface area contributed by atoms with E-state index in [1.165, 1.54) is 59.3 Å². The summed E-state index contributed by atoms with van der Waals surface area (Å²) in [6.45, 7) is 5.06. The summed E-state index contributed by atoms with van der Waals surface area (Å²) in [5.41, 5.74) is -1.09. The second kappa shape index (κ2) is 8.59. The number of halogens is 2. The van der Waals surface area contributed by atoms with Crippen molar-refractivity contribution < 1.29 is 18.6 Å². The minimum Gasteiger partial charge on any atom is -0.448 e. The Morgan fingerprint density at radius 1 is 1.09 bits per heavy atom. The van der Waals surface area contributed by atoms with Crippen LogP contribution in [-0.4, -0.2) is 31.3 Å². The molecule has 1 atom stereocenters. The van der Waals surface area contributed by atoms with Crippen molar-refractivity contribution in [2.24, 2.45) is 0 Å². The number of benzene rings is 2. The fourth-order valence-corrected chi connectivity index (χ4v) is 3.06. The monoisotopic (exact) mass is 452 g/mol. The molecule has 170 valence electrons. The number of hydrogen-bond donors (Lipinski definition) is 2. The molecule has 2 aromatic heterocycles. The topological polar surface area (TPSA) is 89.3 Å². The van der Waals surface area contributed by atoms with Crippen molar-refractivity contribution in [3.63, 3.8) is 0 Å². The van der Waals surface area contributed by atoms with Crippen LogP contribution in [0.5, 0.6) is 11.5 Å². The van der Waals surface area contributed by atoms with E-state index in [2.05, 4.69) is 15.3 Å². The molecule has 0 bridgehead atoms. The molecule has 0 saturated carbocycles. The van der Waals surface area contributed by atoms with Crippen LogP contribution >= 0.6 is 0 Å². The predicted octanol–water partition coefficient (Wildman–Crippen LogP) is 4.42. The highest BCUT2D eigenvalue weighted by Gasteiger charge is 2.23. The first-order valence-corrected chi connectivity index (χ1v) is 10.2. The molecule has 0 radical (unpaired) electrons. The van der Waals surface area contributed by atoms with Crippen molar-refractivity contribution in [2.45, 2.75) is 32.4 Å². The summed E-state index contributed by atoms with van der Waals surface area (Å²) >= 11 is 0. The third-order valence-corrected chi connectivity index (χ3v) is 5.25. The maximum absolute atomic E-state index is 14.1. The Hall–Kier alpha value is -3.85. The molecule has 0 unspecified atom stereocenters. The van der Waals surface area contributed by atoms with Gasteiger partial charge in [0, 0.05) is 11.6 Å². The van der Waals surface area contributed by atoms with E-state index in [-0.39, 0.29) is 23.1 Å². The van der Waals surface area contributed by atoms with Crippen LogP contribution in [0.2, 0.25) is 0 Å². The van der Waals surface area contributed by atoms with Gasteiger partial charge in [0.1, 0.15) is 5.82 Å². The number of ether oxygens (including phenoxy) is 1. The number of aliphatic hydroxyl groups is 1. The maximum atomic E-state index is 14.1. The SMILES string of the molecule is C[C@H](Nc1ncc2cc(Oc3ccccc3F)c(=O)n(-c3ccc(F)cc3)c2n1)C(C)(C)O. The lowest BCUT2D eigenvalue weighted by molar-refractivity contribution is 0.0646. The summed E-state index contributed by atoms with van der Waals surface area (Å²) in [5.74, 6) is -1.16. The summed E-state index contributed by atoms with van der Waals surface area (Å²) in [7, 11) is 0. The highest BCUT2D eigenvalue weighted by Crippen LogP contribution is 2.26. The van der Waals surface area contributed by atoms with E-state index < -0.39 is 28.8 Å². The van der Waals surface area contributed by atoms with E-state index in [9.17, 15) is 18.7 Å². The number of rotatable bonds is 6. The molecule has 33 heavy (non-hydrogen) atoms. The molecule has 9 heteroatoms. The highest BCUT2D eigenvalue weighted by molar-refractivity contribution is 5.78. The van der Waals surface area contributed by atoms with Crippen LogP contribution in [0.15, 0.2) is 65.6 Å². The summed E-state index contributed by atoms with van der Waals surface area (Å²) in [6, 6.07) is 12.0. The number of hydrogen-bond acceptors (Lipinski definition) is 6. The van der Waals surface area contributed by atoms with Gasteiger partial charge in [0.15, 0.2) is 23.0 Å². The maximum Gasteiger partial charge on any atom is 0.299 e. The van der Waals surface area contributed by atoms with E-state index in [4.69, 9.17) is 4.74 Å². The van der Waals surface area contributed by atoms with Crippen LogP contribution in [0, 0.1) is 11.6 Å². The van der Waals surface area contributed by atoms with Gasteiger partial charge in [-0.05, 0) is 63.2 Å². The molecule has 4 aromatic rings. The Bertz CT molecular complexity index is 1370. The number of nitrogens with one attached hydrogen (secondary N) is 1. The molecule has 7 nitrogen and oxygen atoms in total. The first-order chi connectivity index (χ1) is 15.6. The van der Waals surface area contributed by atoms with Crippen LogP contribution in [-0.2, 0) is 0 Å². The van der Waals surface area contributed by atoms with E-state index in [0.717, 1.165) is 0 Å². The van der Waals surface area contributed by atoms with Crippen molar-refractivity contribution in [3.05, 3.63) is 82.8 Å². The smallest absolute Gasteiger partial charge is 0.299 e. The second-order valence-electron chi connectivity index (χ2n) is 8.15. The van der Waals surface area contributed by atoms with Crippen molar-refractivity contribution in [3.8, 4) is 17.2 Å². The summed E-state index contributed by atoms with van der Waals surface area (Å²) in [4.78, 5) is 22.1. The standard InChI is InChI=1S/C24H22F2N4O3/c1-14(24(2,3)32)28-23-27-13-15-12-20(33-19-7-5-4-6-18(19)26)22(31)30(21(15)29-23)17-10-8-16(25)9-11-17/h4-14,32H,1-3H3,(H,27,28,29)/t14-/m0/s1. The van der Waals surface area contributed by atoms with Gasteiger partial charge in [-0.3, -0.25) is 9.36 Å². The Balaban J connectivity index is 1.89. The molecule has 2 N–H and O–H groups in total. The average molecular weight is 452 g/mol. The number of aromatic nitrogens is 3. The van der Waals surface area contributed by atoms with E-state index in [0.29, 0.717) is 11.1 Å². The Morgan fingerprint density at radius 2 is 1.79 bits per heavy atom. The summed E-state index contributed by atoms with van der Waals surface area (Å²) < 4.78 is 34.5. The Morgan fingerprint density at radius 3 is 2.45 bits per heavy atom. The summed E-state index contributed by atoms with van der Waals surface area (Å²) in [5, 5.41) is 13.7. The molecule has 0 aliphatic rings. The number of para-hydroxylation sites is 1. The van der Waals surface area contributed by atoms with E-state index >= 15 is 0 Å². The number of pyridine rings is 1. The predicted molar refractivity (Wildman–Crippen MR) is 121 cm³/mol. The minimum absolute atomic E-state index is 0.113. The minimum atomic E-state index is -1.05. The fraction of sp³-hybridized carbons (Fsp3) is 0.208. The van der Waals surface area contributed by atoms with Crippen molar-refractivity contribution in [1.82, 2.24) is 14.5 Å². The molecule has 0 aliphatic heterocycles. The fourth-order valence-electron chi connectivity index (χ4n) is 3.06. The Kier molecular flexibility index (Phi) is 5.82. The van der Waals surface area contributed by atoms with Gasteiger partial charge in [0.05, 0.1) is 17.3 Å². The first kappa shape index (κ1) is 22.3. The van der Waals surface area contributed by atoms with Gasteiger partial charge in [0.25, 0.3) is 5.56 Å². The van der Waals surface area contributed by atoms with Crippen molar-refractivity contribution in [2.75, 3.05) is 5.32 Å². The third-order valence-electron chi connectivity index (χ3n) is 5.25. The largest absolute Gasteiger partial charge is 0.448 e. The molecule has 2 heterocycles. The van der Waals surface area contributed by atoms with E-state index in [1.54, 1.807) is 26.8 Å². The molecule has 2 aromatic carbocycles. The van der Waals surface area contributed by atoms with Gasteiger partial charge < -0.3 is 15.2 Å². The molecule has 4 rings (SSSR count). The first-order valence-electron chi connectivity index (χ1n) is 10.2. The molecular weight excluding hydrogens is 430 g/mol. The molecule has 0 amide bonds. The number of fused-ring (bicyclic) bond motifs is 1. The van der Waals surface area contributed by atoms with Gasteiger partial charge in [-0.15, -0.1) is 0 Å². The average Bonchev–Trinajstić information content (AvgIpc) is 2.76. The van der Waals surface area contributed by atoms with Gasteiger partial charge >= 0.3 is 0 Å². The lowest BCUT2D eigenvalue weighted by atomic mass is 10.0. The Labute approximate surface area is 188 Å². The van der Waals surface area contributed by atoms with Gasteiger partial charge in [-0.2, -0.15) is 4.98 Å². The normalized spacial score (nSPS) is 12.5. The third kappa shape index (κ3) is 4.68. The van der Waals surface area contributed by atoms with Crippen LogP contribution in [0.25, 0.3) is 16.7 Å². The van der Waals surface area contributed by atoms with Crippen LogP contribution < -0.4 is 15.6 Å². The second-order valence-corrected chi connectivity index (χ2v) is 8.15. The van der Waals surface area contributed by atoms with Gasteiger partial charge in [-0.25, -0.2) is 13.8 Å². The zero-order valence-electron chi connectivity index (χ0n) is 18.2.